The van der Waals surface area contributed by atoms with Crippen molar-refractivity contribution in [2.45, 2.75) is 58.7 Å². The molecule has 2 nitrogen and oxygen atoms in total. The molecule has 1 atom stereocenters. The maximum absolute atomic E-state index is 4.60. The number of nitrogens with zero attached hydrogens (tertiary/aromatic N) is 2. The number of hydrogen-bond acceptors (Lipinski definition) is 1. The summed E-state index contributed by atoms with van der Waals surface area (Å²) in [5.41, 5.74) is 0. The summed E-state index contributed by atoms with van der Waals surface area (Å²) in [4.78, 5) is 2.54. The van der Waals surface area contributed by atoms with Gasteiger partial charge in [0.15, 0.2) is 0 Å². The number of hydrogen-bond donors (Lipinski definition) is 0. The Morgan fingerprint density at radius 3 is 2.14 bits per heavy atom. The molecule has 0 aromatic carbocycles. The first-order chi connectivity index (χ1) is 6.11. The van der Waals surface area contributed by atoms with Gasteiger partial charge in [-0.2, -0.15) is 0 Å². The van der Waals surface area contributed by atoms with Gasteiger partial charge >= 0.3 is 18.9 Å². The van der Waals surface area contributed by atoms with E-state index in [0.717, 1.165) is 13.1 Å². The first kappa shape index (κ1) is 14.5. The third-order valence-electron chi connectivity index (χ3n) is 2.83. The van der Waals surface area contributed by atoms with Crippen LogP contribution in [0, 0.1) is 0 Å². The van der Waals surface area contributed by atoms with Gasteiger partial charge in [-0.25, -0.2) is 0 Å². The van der Waals surface area contributed by atoms with Crippen molar-refractivity contribution in [3.05, 3.63) is 5.32 Å². The summed E-state index contributed by atoms with van der Waals surface area (Å²) in [5, 5.41) is 4.60. The molecule has 0 bridgehead atoms. The third-order valence-corrected chi connectivity index (χ3v) is 2.83. The Kier molecular flexibility index (Phi) is 7.16. The summed E-state index contributed by atoms with van der Waals surface area (Å²) in [6.07, 6.45) is 2.60. The van der Waals surface area contributed by atoms with E-state index < -0.39 is 0 Å². The molecular formula is C11H23LiN2. The molecule has 0 spiro atoms. The Hall–Kier alpha value is 0.517. The van der Waals surface area contributed by atoms with Gasteiger partial charge in [0, 0.05) is 12.1 Å². The number of rotatable bonds is 4. The average Bonchev–Trinajstić information content (AvgIpc) is 2.50. The molecule has 0 aromatic heterocycles. The molecule has 3 heteroatoms. The molecule has 1 saturated heterocycles. The average molecular weight is 190 g/mol. The molecule has 1 fully saturated rings. The molecule has 0 aliphatic carbocycles. The molecule has 1 aliphatic rings. The van der Waals surface area contributed by atoms with Crippen LogP contribution in [-0.2, 0) is 0 Å². The first-order valence-electron chi connectivity index (χ1n) is 5.53. The van der Waals surface area contributed by atoms with Crippen molar-refractivity contribution in [1.82, 2.24) is 4.90 Å². The fourth-order valence-electron chi connectivity index (χ4n) is 2.10. The van der Waals surface area contributed by atoms with E-state index in [1.54, 1.807) is 0 Å². The van der Waals surface area contributed by atoms with Crippen molar-refractivity contribution in [3.63, 3.8) is 0 Å². The van der Waals surface area contributed by atoms with Crippen molar-refractivity contribution >= 4 is 0 Å². The smallest absolute Gasteiger partial charge is 0.658 e. The van der Waals surface area contributed by atoms with Crippen LogP contribution in [0.1, 0.15) is 40.5 Å². The molecule has 1 rings (SSSR count). The summed E-state index contributed by atoms with van der Waals surface area (Å²) in [6.45, 7) is 11.3. The normalized spacial score (nSPS) is 22.1. The second-order valence-electron chi connectivity index (χ2n) is 4.59. The molecule has 0 aromatic rings. The molecular weight excluding hydrogens is 167 g/mol. The maximum atomic E-state index is 4.60. The van der Waals surface area contributed by atoms with Gasteiger partial charge in [0.2, 0.25) is 0 Å². The van der Waals surface area contributed by atoms with E-state index in [1.165, 1.54) is 12.8 Å². The summed E-state index contributed by atoms with van der Waals surface area (Å²) >= 11 is 0. The van der Waals surface area contributed by atoms with Crippen LogP contribution in [0.4, 0.5) is 0 Å². The fourth-order valence-corrected chi connectivity index (χ4v) is 2.10. The Bertz CT molecular complexity index is 134. The van der Waals surface area contributed by atoms with Gasteiger partial charge in [0.25, 0.3) is 0 Å². The van der Waals surface area contributed by atoms with E-state index in [2.05, 4.69) is 37.9 Å². The van der Waals surface area contributed by atoms with Gasteiger partial charge in [0.05, 0.1) is 0 Å². The molecule has 78 valence electrons. The molecule has 0 unspecified atom stereocenters. The van der Waals surface area contributed by atoms with Crippen molar-refractivity contribution in [3.8, 4) is 0 Å². The van der Waals surface area contributed by atoms with Crippen molar-refractivity contribution < 1.29 is 18.9 Å². The van der Waals surface area contributed by atoms with E-state index in [9.17, 15) is 0 Å². The van der Waals surface area contributed by atoms with Crippen LogP contribution in [0.2, 0.25) is 0 Å². The van der Waals surface area contributed by atoms with Crippen LogP contribution in [-0.4, -0.2) is 36.1 Å². The molecule has 1 aliphatic heterocycles. The van der Waals surface area contributed by atoms with E-state index >= 15 is 0 Å². The van der Waals surface area contributed by atoms with Crippen molar-refractivity contribution in [2.75, 3.05) is 13.1 Å². The van der Waals surface area contributed by atoms with Crippen molar-refractivity contribution in [1.29, 1.82) is 0 Å². The largest absolute Gasteiger partial charge is 1.00 e. The van der Waals surface area contributed by atoms with Crippen molar-refractivity contribution in [2.24, 2.45) is 0 Å². The summed E-state index contributed by atoms with van der Waals surface area (Å²) in [5.74, 6) is 0. The SMILES string of the molecule is CC(C)N(C[C@@H]1CCC[N-]1)C(C)C.[Li+]. The molecule has 1 heterocycles. The van der Waals surface area contributed by atoms with E-state index in [0.29, 0.717) is 18.1 Å². The van der Waals surface area contributed by atoms with Crippen LogP contribution >= 0.6 is 0 Å². The second-order valence-corrected chi connectivity index (χ2v) is 4.59. The van der Waals surface area contributed by atoms with Crippen LogP contribution in [0.5, 0.6) is 0 Å². The third kappa shape index (κ3) is 4.36. The minimum atomic E-state index is 0. The van der Waals surface area contributed by atoms with Gasteiger partial charge < -0.3 is 5.32 Å². The quantitative estimate of drug-likeness (QED) is 0.554. The van der Waals surface area contributed by atoms with E-state index in [1.807, 2.05) is 0 Å². The van der Waals surface area contributed by atoms with Gasteiger partial charge in [-0.3, -0.25) is 4.90 Å². The van der Waals surface area contributed by atoms with Crippen LogP contribution in [0.3, 0.4) is 0 Å². The zero-order valence-electron chi connectivity index (χ0n) is 10.5. The Morgan fingerprint density at radius 2 is 1.79 bits per heavy atom. The molecule has 0 N–H and O–H groups in total. The predicted molar refractivity (Wildman–Crippen MR) is 58.2 cm³/mol. The van der Waals surface area contributed by atoms with Gasteiger partial charge in [-0.1, -0.05) is 12.8 Å². The Balaban J connectivity index is 0.00000169. The molecule has 14 heavy (non-hydrogen) atoms. The van der Waals surface area contributed by atoms with Crippen LogP contribution in [0.15, 0.2) is 0 Å². The molecule has 0 saturated carbocycles. The zero-order chi connectivity index (χ0) is 9.84. The molecule has 0 radical (unpaired) electrons. The van der Waals surface area contributed by atoms with Gasteiger partial charge in [-0.05, 0) is 34.2 Å². The summed E-state index contributed by atoms with van der Waals surface area (Å²) < 4.78 is 0. The van der Waals surface area contributed by atoms with Gasteiger partial charge in [-0.15, -0.1) is 12.6 Å². The maximum Gasteiger partial charge on any atom is 1.00 e. The van der Waals surface area contributed by atoms with Crippen LogP contribution in [0.25, 0.3) is 5.32 Å². The fraction of sp³-hybridized carbons (Fsp3) is 1.00. The summed E-state index contributed by atoms with van der Waals surface area (Å²) in [7, 11) is 0. The second kappa shape index (κ2) is 6.90. The van der Waals surface area contributed by atoms with Crippen LogP contribution < -0.4 is 18.9 Å². The minimum absolute atomic E-state index is 0. The molecule has 0 amide bonds. The minimum Gasteiger partial charge on any atom is -0.658 e. The van der Waals surface area contributed by atoms with E-state index in [4.69, 9.17) is 0 Å². The topological polar surface area (TPSA) is 17.3 Å². The zero-order valence-corrected chi connectivity index (χ0v) is 10.5. The Morgan fingerprint density at radius 1 is 1.21 bits per heavy atom. The first-order valence-corrected chi connectivity index (χ1v) is 5.53. The standard InChI is InChI=1S/C11H23N2.Li/c1-9(2)13(10(3)4)8-11-6-5-7-12-11;/h9-11H,5-8H2,1-4H3;/q-1;+1/t11-;/m0./s1. The van der Waals surface area contributed by atoms with Gasteiger partial charge in [0.1, 0.15) is 0 Å². The Labute approximate surface area is 101 Å². The van der Waals surface area contributed by atoms with E-state index in [-0.39, 0.29) is 18.9 Å². The predicted octanol–water partition coefficient (Wildman–Crippen LogP) is -0.355. The summed E-state index contributed by atoms with van der Waals surface area (Å²) in [6, 6.07) is 1.91. The monoisotopic (exact) mass is 190 g/mol.